The summed E-state index contributed by atoms with van der Waals surface area (Å²) >= 11 is 0. The maximum atomic E-state index is 8.71. The van der Waals surface area contributed by atoms with Crippen LogP contribution in [-0.2, 0) is 4.74 Å². The van der Waals surface area contributed by atoms with Crippen LogP contribution in [0.5, 0.6) is 0 Å². The molecule has 0 aromatic carbocycles. The second-order valence-electron chi connectivity index (χ2n) is 2.03. The standard InChI is InChI=1S/C7H15NO2/c1-3-4-8-7(5-9)6-10-2/h3,7-9H,1,4-6H2,2H3. The van der Waals surface area contributed by atoms with Gasteiger partial charge in [0.05, 0.1) is 19.3 Å². The van der Waals surface area contributed by atoms with E-state index in [4.69, 9.17) is 9.84 Å². The van der Waals surface area contributed by atoms with Gasteiger partial charge in [0.25, 0.3) is 0 Å². The lowest BCUT2D eigenvalue weighted by atomic mass is 10.3. The summed E-state index contributed by atoms with van der Waals surface area (Å²) in [6.07, 6.45) is 1.75. The lowest BCUT2D eigenvalue weighted by molar-refractivity contribution is 0.130. The van der Waals surface area contributed by atoms with E-state index in [1.54, 1.807) is 13.2 Å². The smallest absolute Gasteiger partial charge is 0.0638 e. The van der Waals surface area contributed by atoms with E-state index >= 15 is 0 Å². The summed E-state index contributed by atoms with van der Waals surface area (Å²) in [5.41, 5.74) is 0. The molecular formula is C7H15NO2. The topological polar surface area (TPSA) is 41.5 Å². The number of nitrogens with one attached hydrogen (secondary N) is 1. The van der Waals surface area contributed by atoms with Gasteiger partial charge in [-0.05, 0) is 0 Å². The summed E-state index contributed by atoms with van der Waals surface area (Å²) in [6, 6.07) is 0.0306. The third-order valence-electron chi connectivity index (χ3n) is 1.14. The third kappa shape index (κ3) is 4.49. The Hall–Kier alpha value is -0.380. The van der Waals surface area contributed by atoms with Crippen LogP contribution in [0.3, 0.4) is 0 Å². The van der Waals surface area contributed by atoms with Crippen molar-refractivity contribution in [3.63, 3.8) is 0 Å². The van der Waals surface area contributed by atoms with Gasteiger partial charge in [0, 0.05) is 13.7 Å². The van der Waals surface area contributed by atoms with Gasteiger partial charge in [-0.15, -0.1) is 6.58 Å². The fraction of sp³-hybridized carbons (Fsp3) is 0.714. The number of aliphatic hydroxyl groups is 1. The predicted octanol–water partition coefficient (Wildman–Crippen LogP) is -0.231. The number of aliphatic hydroxyl groups excluding tert-OH is 1. The summed E-state index contributed by atoms with van der Waals surface area (Å²) in [5.74, 6) is 0. The van der Waals surface area contributed by atoms with Crippen LogP contribution in [0.1, 0.15) is 0 Å². The fourth-order valence-corrected chi connectivity index (χ4v) is 0.627. The molecule has 0 heterocycles. The summed E-state index contributed by atoms with van der Waals surface area (Å²) in [7, 11) is 1.61. The zero-order chi connectivity index (χ0) is 7.82. The minimum Gasteiger partial charge on any atom is -0.395 e. The van der Waals surface area contributed by atoms with Gasteiger partial charge in [0.1, 0.15) is 0 Å². The molecule has 0 aliphatic carbocycles. The second kappa shape index (κ2) is 6.74. The lowest BCUT2D eigenvalue weighted by Crippen LogP contribution is -2.36. The van der Waals surface area contributed by atoms with Gasteiger partial charge in [0.15, 0.2) is 0 Å². The number of hydrogen-bond donors (Lipinski definition) is 2. The Morgan fingerprint density at radius 1 is 1.80 bits per heavy atom. The Kier molecular flexibility index (Phi) is 6.48. The van der Waals surface area contributed by atoms with Crippen molar-refractivity contribution in [2.24, 2.45) is 0 Å². The molecule has 1 atom stereocenters. The van der Waals surface area contributed by atoms with Crippen molar-refractivity contribution in [1.29, 1.82) is 0 Å². The molecule has 0 amide bonds. The first-order chi connectivity index (χ1) is 4.85. The van der Waals surface area contributed by atoms with E-state index in [9.17, 15) is 0 Å². The molecule has 3 nitrogen and oxygen atoms in total. The third-order valence-corrected chi connectivity index (χ3v) is 1.14. The van der Waals surface area contributed by atoms with Crippen LogP contribution in [0.4, 0.5) is 0 Å². The highest BCUT2D eigenvalue weighted by atomic mass is 16.5. The minimum absolute atomic E-state index is 0.0306. The first-order valence-electron chi connectivity index (χ1n) is 3.29. The number of methoxy groups -OCH3 is 1. The lowest BCUT2D eigenvalue weighted by Gasteiger charge is -2.12. The maximum Gasteiger partial charge on any atom is 0.0638 e. The zero-order valence-corrected chi connectivity index (χ0v) is 6.34. The number of hydrogen-bond acceptors (Lipinski definition) is 3. The Labute approximate surface area is 61.7 Å². The van der Waals surface area contributed by atoms with Crippen molar-refractivity contribution in [2.45, 2.75) is 6.04 Å². The molecule has 0 fully saturated rings. The van der Waals surface area contributed by atoms with Crippen molar-refractivity contribution < 1.29 is 9.84 Å². The van der Waals surface area contributed by atoms with Crippen molar-refractivity contribution >= 4 is 0 Å². The van der Waals surface area contributed by atoms with Gasteiger partial charge in [-0.25, -0.2) is 0 Å². The van der Waals surface area contributed by atoms with Crippen LogP contribution in [-0.4, -0.2) is 38.0 Å². The van der Waals surface area contributed by atoms with Crippen molar-refractivity contribution in [3.05, 3.63) is 12.7 Å². The van der Waals surface area contributed by atoms with Gasteiger partial charge >= 0.3 is 0 Å². The Bertz CT molecular complexity index is 85.7. The highest BCUT2D eigenvalue weighted by Gasteiger charge is 2.02. The van der Waals surface area contributed by atoms with Crippen molar-refractivity contribution in [3.8, 4) is 0 Å². The van der Waals surface area contributed by atoms with E-state index in [-0.39, 0.29) is 12.6 Å². The summed E-state index contributed by atoms with van der Waals surface area (Å²) in [6.45, 7) is 4.88. The first kappa shape index (κ1) is 9.62. The van der Waals surface area contributed by atoms with Crippen LogP contribution in [0.15, 0.2) is 12.7 Å². The molecule has 2 N–H and O–H groups in total. The summed E-state index contributed by atoms with van der Waals surface area (Å²) < 4.78 is 4.84. The van der Waals surface area contributed by atoms with Gasteiger partial charge in [-0.2, -0.15) is 0 Å². The SMILES string of the molecule is C=CCNC(CO)COC. The molecule has 0 saturated carbocycles. The molecule has 0 radical (unpaired) electrons. The molecular weight excluding hydrogens is 130 g/mol. The largest absolute Gasteiger partial charge is 0.395 e. The van der Waals surface area contributed by atoms with E-state index in [0.717, 1.165) is 0 Å². The molecule has 3 heteroatoms. The zero-order valence-electron chi connectivity index (χ0n) is 6.34. The molecule has 0 aliphatic rings. The van der Waals surface area contributed by atoms with Crippen LogP contribution in [0.25, 0.3) is 0 Å². The molecule has 10 heavy (non-hydrogen) atoms. The minimum atomic E-state index is 0.0306. The van der Waals surface area contributed by atoms with E-state index in [2.05, 4.69) is 11.9 Å². The highest BCUT2D eigenvalue weighted by molar-refractivity contribution is 4.74. The molecule has 60 valence electrons. The quantitative estimate of drug-likeness (QED) is 0.507. The molecule has 0 aromatic rings. The molecule has 0 aliphatic heterocycles. The molecule has 0 aromatic heterocycles. The monoisotopic (exact) mass is 145 g/mol. The summed E-state index contributed by atoms with van der Waals surface area (Å²) in [5, 5.41) is 11.7. The Balaban J connectivity index is 3.29. The van der Waals surface area contributed by atoms with Gasteiger partial charge < -0.3 is 15.2 Å². The van der Waals surface area contributed by atoms with Gasteiger partial charge in [-0.1, -0.05) is 6.08 Å². The maximum absolute atomic E-state index is 8.71. The number of rotatable bonds is 6. The van der Waals surface area contributed by atoms with Crippen LogP contribution in [0, 0.1) is 0 Å². The molecule has 0 spiro atoms. The number of ether oxygens (including phenoxy) is 1. The van der Waals surface area contributed by atoms with E-state index in [0.29, 0.717) is 13.2 Å². The fourth-order valence-electron chi connectivity index (χ4n) is 0.627. The van der Waals surface area contributed by atoms with Crippen molar-refractivity contribution in [2.75, 3.05) is 26.9 Å². The average Bonchev–Trinajstić information content (AvgIpc) is 1.98. The normalized spacial score (nSPS) is 13.0. The second-order valence-corrected chi connectivity index (χ2v) is 2.03. The summed E-state index contributed by atoms with van der Waals surface area (Å²) in [4.78, 5) is 0. The molecule has 0 saturated heterocycles. The molecule has 1 unspecified atom stereocenters. The van der Waals surface area contributed by atoms with Crippen LogP contribution >= 0.6 is 0 Å². The Morgan fingerprint density at radius 2 is 2.50 bits per heavy atom. The highest BCUT2D eigenvalue weighted by Crippen LogP contribution is 1.81. The van der Waals surface area contributed by atoms with E-state index in [1.165, 1.54) is 0 Å². The van der Waals surface area contributed by atoms with E-state index < -0.39 is 0 Å². The van der Waals surface area contributed by atoms with Crippen molar-refractivity contribution in [1.82, 2.24) is 5.32 Å². The van der Waals surface area contributed by atoms with E-state index in [1.807, 2.05) is 0 Å². The van der Waals surface area contributed by atoms with Crippen LogP contribution in [0.2, 0.25) is 0 Å². The van der Waals surface area contributed by atoms with Gasteiger partial charge in [0.2, 0.25) is 0 Å². The van der Waals surface area contributed by atoms with Crippen LogP contribution < -0.4 is 5.32 Å². The predicted molar refractivity (Wildman–Crippen MR) is 40.9 cm³/mol. The molecule has 0 bridgehead atoms. The first-order valence-corrected chi connectivity index (χ1v) is 3.29. The van der Waals surface area contributed by atoms with Gasteiger partial charge in [-0.3, -0.25) is 0 Å². The Morgan fingerprint density at radius 3 is 2.90 bits per heavy atom. The average molecular weight is 145 g/mol. The molecule has 0 rings (SSSR count).